The van der Waals surface area contributed by atoms with Crippen LogP contribution in [0.25, 0.3) is 6.08 Å². The van der Waals surface area contributed by atoms with Gasteiger partial charge in [-0.2, -0.15) is 0 Å². The van der Waals surface area contributed by atoms with E-state index in [1.54, 1.807) is 42.7 Å². The number of hydrogen-bond donors (Lipinski definition) is 1. The zero-order chi connectivity index (χ0) is 20.6. The van der Waals surface area contributed by atoms with Gasteiger partial charge in [0.25, 0.3) is 5.91 Å². The number of amides is 2. The first-order chi connectivity index (χ1) is 14.0. The fraction of sp³-hybridized carbons (Fsp3) is 0.333. The Bertz CT molecular complexity index is 860. The average molecular weight is 437 g/mol. The van der Waals surface area contributed by atoms with E-state index >= 15 is 0 Å². The summed E-state index contributed by atoms with van der Waals surface area (Å²) in [7, 11) is 0. The SMILES string of the molecule is O=C(COc1ccc(Cl)cc1Cl)NCC1CCN(C(=O)/C=C/c2ccco2)CC1. The summed E-state index contributed by atoms with van der Waals surface area (Å²) in [6.45, 7) is 1.77. The second-order valence-corrected chi connectivity index (χ2v) is 7.63. The zero-order valence-electron chi connectivity index (χ0n) is 15.8. The lowest BCUT2D eigenvalue weighted by Crippen LogP contribution is -2.41. The fourth-order valence-corrected chi connectivity index (χ4v) is 3.51. The van der Waals surface area contributed by atoms with Gasteiger partial charge in [0.2, 0.25) is 5.91 Å². The highest BCUT2D eigenvalue weighted by atomic mass is 35.5. The fourth-order valence-electron chi connectivity index (χ4n) is 3.05. The van der Waals surface area contributed by atoms with Gasteiger partial charge in [-0.25, -0.2) is 0 Å². The molecule has 1 N–H and O–H groups in total. The molecule has 0 atom stereocenters. The van der Waals surface area contributed by atoms with Gasteiger partial charge in [-0.3, -0.25) is 9.59 Å². The molecule has 2 aromatic rings. The lowest BCUT2D eigenvalue weighted by Gasteiger charge is -2.31. The summed E-state index contributed by atoms with van der Waals surface area (Å²) in [6, 6.07) is 8.42. The van der Waals surface area contributed by atoms with Crippen molar-refractivity contribution in [1.82, 2.24) is 10.2 Å². The molecule has 2 amide bonds. The van der Waals surface area contributed by atoms with Crippen LogP contribution in [0.4, 0.5) is 0 Å². The number of carbonyl (C=O) groups excluding carboxylic acids is 2. The number of benzene rings is 1. The summed E-state index contributed by atoms with van der Waals surface area (Å²) in [4.78, 5) is 26.1. The van der Waals surface area contributed by atoms with Crippen LogP contribution in [0.3, 0.4) is 0 Å². The zero-order valence-corrected chi connectivity index (χ0v) is 17.3. The van der Waals surface area contributed by atoms with E-state index < -0.39 is 0 Å². The van der Waals surface area contributed by atoms with E-state index in [1.807, 2.05) is 4.90 Å². The molecule has 0 saturated carbocycles. The molecule has 6 nitrogen and oxygen atoms in total. The molecule has 8 heteroatoms. The summed E-state index contributed by atoms with van der Waals surface area (Å²) in [5, 5.41) is 3.75. The minimum atomic E-state index is -0.212. The van der Waals surface area contributed by atoms with Gasteiger partial charge in [-0.1, -0.05) is 23.2 Å². The molecule has 1 aliphatic rings. The minimum absolute atomic E-state index is 0.0304. The van der Waals surface area contributed by atoms with Crippen LogP contribution in [0.5, 0.6) is 5.75 Å². The number of hydrogen-bond acceptors (Lipinski definition) is 4. The first-order valence-electron chi connectivity index (χ1n) is 9.36. The quantitative estimate of drug-likeness (QED) is 0.664. The number of rotatable bonds is 7. The van der Waals surface area contributed by atoms with Crippen LogP contribution in [0.1, 0.15) is 18.6 Å². The van der Waals surface area contributed by atoms with Crippen molar-refractivity contribution in [3.05, 3.63) is 58.5 Å². The van der Waals surface area contributed by atoms with Gasteiger partial charge >= 0.3 is 0 Å². The van der Waals surface area contributed by atoms with Gasteiger partial charge in [0, 0.05) is 30.7 Å². The second-order valence-electron chi connectivity index (χ2n) is 6.78. The van der Waals surface area contributed by atoms with E-state index in [1.165, 1.54) is 6.08 Å². The van der Waals surface area contributed by atoms with Crippen LogP contribution < -0.4 is 10.1 Å². The molecule has 0 bridgehead atoms. The molecule has 3 rings (SSSR count). The third kappa shape index (κ3) is 6.54. The standard InChI is InChI=1S/C21H22Cl2N2O4/c22-16-3-5-19(18(23)12-16)29-14-20(26)24-13-15-7-9-25(10-8-15)21(27)6-4-17-2-1-11-28-17/h1-6,11-12,15H,7-10,13-14H2,(H,24,26)/b6-4+. The highest BCUT2D eigenvalue weighted by molar-refractivity contribution is 6.35. The molecule has 1 aliphatic heterocycles. The van der Waals surface area contributed by atoms with Gasteiger partial charge in [-0.05, 0) is 55.2 Å². The monoisotopic (exact) mass is 436 g/mol. The van der Waals surface area contributed by atoms with Crippen molar-refractivity contribution in [1.29, 1.82) is 0 Å². The Morgan fingerprint density at radius 1 is 1.24 bits per heavy atom. The third-order valence-corrected chi connectivity index (χ3v) is 5.23. The Kier molecular flexibility index (Phi) is 7.61. The molecule has 154 valence electrons. The lowest BCUT2D eigenvalue weighted by molar-refractivity contribution is -0.128. The lowest BCUT2D eigenvalue weighted by atomic mass is 9.96. The van der Waals surface area contributed by atoms with Crippen molar-refractivity contribution in [2.75, 3.05) is 26.2 Å². The Morgan fingerprint density at radius 2 is 2.03 bits per heavy atom. The summed E-state index contributed by atoms with van der Waals surface area (Å²) in [5.41, 5.74) is 0. The Labute approximate surface area is 179 Å². The molecule has 1 fully saturated rings. The number of halogens is 2. The average Bonchev–Trinajstić information content (AvgIpc) is 3.24. The summed E-state index contributed by atoms with van der Waals surface area (Å²) in [6.07, 6.45) is 6.44. The maximum Gasteiger partial charge on any atom is 0.257 e. The summed E-state index contributed by atoms with van der Waals surface area (Å²) >= 11 is 11.9. The van der Waals surface area contributed by atoms with Crippen molar-refractivity contribution < 1.29 is 18.7 Å². The Hall–Kier alpha value is -2.44. The Balaban J connectivity index is 1.35. The van der Waals surface area contributed by atoms with Gasteiger partial charge < -0.3 is 19.4 Å². The topological polar surface area (TPSA) is 71.8 Å². The first kappa shape index (κ1) is 21.3. The first-order valence-corrected chi connectivity index (χ1v) is 10.1. The molecule has 29 heavy (non-hydrogen) atoms. The molecule has 1 saturated heterocycles. The van der Waals surface area contributed by atoms with Crippen molar-refractivity contribution >= 4 is 41.1 Å². The van der Waals surface area contributed by atoms with Gasteiger partial charge in [-0.15, -0.1) is 0 Å². The van der Waals surface area contributed by atoms with Crippen LogP contribution in [0.2, 0.25) is 10.0 Å². The van der Waals surface area contributed by atoms with Crippen LogP contribution in [-0.2, 0) is 9.59 Å². The number of likely N-dealkylation sites (tertiary alicyclic amines) is 1. The van der Waals surface area contributed by atoms with Gasteiger partial charge in [0.1, 0.15) is 11.5 Å². The van der Waals surface area contributed by atoms with Crippen molar-refractivity contribution in [3.63, 3.8) is 0 Å². The maximum absolute atomic E-state index is 12.2. The predicted molar refractivity (Wildman–Crippen MR) is 112 cm³/mol. The number of ether oxygens (including phenoxy) is 1. The molecule has 1 aromatic heterocycles. The van der Waals surface area contributed by atoms with Crippen LogP contribution >= 0.6 is 23.2 Å². The van der Waals surface area contributed by atoms with E-state index in [0.29, 0.717) is 47.1 Å². The van der Waals surface area contributed by atoms with E-state index in [4.69, 9.17) is 32.4 Å². The van der Waals surface area contributed by atoms with Crippen molar-refractivity contribution in [2.24, 2.45) is 5.92 Å². The molecule has 0 unspecified atom stereocenters. The highest BCUT2D eigenvalue weighted by Gasteiger charge is 2.22. The number of furan rings is 1. The molecular formula is C21H22Cl2N2O4. The molecule has 0 spiro atoms. The minimum Gasteiger partial charge on any atom is -0.482 e. The van der Waals surface area contributed by atoms with E-state index in [9.17, 15) is 9.59 Å². The van der Waals surface area contributed by atoms with Gasteiger partial charge in [0.15, 0.2) is 6.61 Å². The number of nitrogens with zero attached hydrogens (tertiary/aromatic N) is 1. The second kappa shape index (κ2) is 10.4. The van der Waals surface area contributed by atoms with Crippen molar-refractivity contribution in [3.8, 4) is 5.75 Å². The number of piperidine rings is 1. The molecule has 0 aliphatic carbocycles. The van der Waals surface area contributed by atoms with E-state index in [-0.39, 0.29) is 18.4 Å². The highest BCUT2D eigenvalue weighted by Crippen LogP contribution is 2.27. The molecule has 1 aromatic carbocycles. The molecule has 2 heterocycles. The van der Waals surface area contributed by atoms with Gasteiger partial charge in [0.05, 0.1) is 11.3 Å². The number of nitrogens with one attached hydrogen (secondary N) is 1. The normalized spacial score (nSPS) is 14.9. The number of carbonyl (C=O) groups is 2. The molecular weight excluding hydrogens is 415 g/mol. The smallest absolute Gasteiger partial charge is 0.257 e. The Morgan fingerprint density at radius 3 is 2.72 bits per heavy atom. The summed E-state index contributed by atoms with van der Waals surface area (Å²) < 4.78 is 10.6. The maximum atomic E-state index is 12.2. The van der Waals surface area contributed by atoms with Crippen LogP contribution in [0, 0.1) is 5.92 Å². The van der Waals surface area contributed by atoms with E-state index in [0.717, 1.165) is 12.8 Å². The predicted octanol–water partition coefficient (Wildman–Crippen LogP) is 4.03. The van der Waals surface area contributed by atoms with E-state index in [2.05, 4.69) is 5.32 Å². The van der Waals surface area contributed by atoms with Crippen molar-refractivity contribution in [2.45, 2.75) is 12.8 Å². The largest absolute Gasteiger partial charge is 0.482 e. The summed E-state index contributed by atoms with van der Waals surface area (Å²) in [5.74, 6) is 1.16. The molecule has 0 radical (unpaired) electrons. The van der Waals surface area contributed by atoms with Crippen LogP contribution in [0.15, 0.2) is 47.1 Å². The third-order valence-electron chi connectivity index (χ3n) is 4.70. The van der Waals surface area contributed by atoms with Crippen LogP contribution in [-0.4, -0.2) is 43.0 Å².